The molecule has 1 N–H and O–H groups in total. The van der Waals surface area contributed by atoms with E-state index in [1.54, 1.807) is 6.20 Å². The fraction of sp³-hybridized carbons (Fsp3) is 0.500. The van der Waals surface area contributed by atoms with Gasteiger partial charge in [-0.15, -0.1) is 0 Å². The van der Waals surface area contributed by atoms with Crippen molar-refractivity contribution in [2.75, 3.05) is 44.4 Å². The average molecular weight is 315 g/mol. The fourth-order valence-corrected chi connectivity index (χ4v) is 1.91. The Balaban J connectivity index is 2.31. The standard InChI is InChI=1S/C16H25N7/c1-11(2)12(3)20-15-14-13(18-10-19-15)9-17-16(21-14)23(6)8-7-22(4)5/h9-10,12H,1,7-8H2,2-6H3,(H,18,19,20). The van der Waals surface area contributed by atoms with Gasteiger partial charge in [-0.25, -0.2) is 19.9 Å². The van der Waals surface area contributed by atoms with Crippen molar-refractivity contribution < 1.29 is 0 Å². The number of hydrogen-bond donors (Lipinski definition) is 1. The minimum Gasteiger partial charge on any atom is -0.362 e. The molecule has 2 aromatic rings. The number of hydrogen-bond acceptors (Lipinski definition) is 7. The Labute approximate surface area is 137 Å². The van der Waals surface area contributed by atoms with E-state index in [1.165, 1.54) is 6.33 Å². The van der Waals surface area contributed by atoms with Crippen LogP contribution in [0.25, 0.3) is 11.0 Å². The Morgan fingerprint density at radius 3 is 2.61 bits per heavy atom. The van der Waals surface area contributed by atoms with Crippen LogP contribution in [0.2, 0.25) is 0 Å². The second-order valence-electron chi connectivity index (χ2n) is 6.06. The SMILES string of the molecule is C=C(C)C(C)Nc1ncnc2cnc(N(C)CCN(C)C)nc12. The Kier molecular flexibility index (Phi) is 5.44. The molecule has 124 valence electrons. The van der Waals surface area contributed by atoms with Crippen LogP contribution < -0.4 is 10.2 Å². The molecular formula is C16H25N7. The van der Waals surface area contributed by atoms with Gasteiger partial charge in [-0.3, -0.25) is 0 Å². The van der Waals surface area contributed by atoms with Crippen LogP contribution in [-0.2, 0) is 0 Å². The van der Waals surface area contributed by atoms with Gasteiger partial charge in [0.25, 0.3) is 0 Å². The molecule has 0 spiro atoms. The third-order valence-electron chi connectivity index (χ3n) is 3.68. The lowest BCUT2D eigenvalue weighted by Gasteiger charge is -2.20. The highest BCUT2D eigenvalue weighted by Crippen LogP contribution is 2.20. The number of fused-ring (bicyclic) bond motifs is 1. The van der Waals surface area contributed by atoms with Crippen molar-refractivity contribution in [3.05, 3.63) is 24.7 Å². The van der Waals surface area contributed by atoms with Gasteiger partial charge in [-0.2, -0.15) is 0 Å². The normalized spacial score (nSPS) is 12.4. The van der Waals surface area contributed by atoms with Crippen LogP contribution in [0.3, 0.4) is 0 Å². The van der Waals surface area contributed by atoms with E-state index in [1.807, 2.05) is 39.9 Å². The van der Waals surface area contributed by atoms with Crippen LogP contribution in [0.5, 0.6) is 0 Å². The summed E-state index contributed by atoms with van der Waals surface area (Å²) in [6, 6.07) is 0.109. The summed E-state index contributed by atoms with van der Waals surface area (Å²) in [7, 11) is 6.08. The monoisotopic (exact) mass is 315 g/mol. The van der Waals surface area contributed by atoms with Gasteiger partial charge in [0.2, 0.25) is 5.95 Å². The molecule has 0 aliphatic rings. The van der Waals surface area contributed by atoms with Gasteiger partial charge in [-0.05, 0) is 27.9 Å². The fourth-order valence-electron chi connectivity index (χ4n) is 1.91. The molecule has 0 radical (unpaired) electrons. The quantitative estimate of drug-likeness (QED) is 0.781. The van der Waals surface area contributed by atoms with Crippen molar-refractivity contribution in [1.29, 1.82) is 0 Å². The van der Waals surface area contributed by atoms with Gasteiger partial charge in [0.05, 0.1) is 6.20 Å². The first-order valence-corrected chi connectivity index (χ1v) is 7.64. The highest BCUT2D eigenvalue weighted by Gasteiger charge is 2.12. The molecule has 0 aromatic carbocycles. The third kappa shape index (κ3) is 4.35. The predicted octanol–water partition coefficient (Wildman–Crippen LogP) is 1.79. The predicted molar refractivity (Wildman–Crippen MR) is 94.9 cm³/mol. The highest BCUT2D eigenvalue weighted by atomic mass is 15.3. The van der Waals surface area contributed by atoms with Crippen molar-refractivity contribution in [2.45, 2.75) is 19.9 Å². The topological polar surface area (TPSA) is 70.1 Å². The van der Waals surface area contributed by atoms with Gasteiger partial charge in [-0.1, -0.05) is 12.2 Å². The summed E-state index contributed by atoms with van der Waals surface area (Å²) in [5.74, 6) is 1.37. The van der Waals surface area contributed by atoms with Crippen LogP contribution >= 0.6 is 0 Å². The van der Waals surface area contributed by atoms with E-state index in [0.29, 0.717) is 11.8 Å². The molecule has 0 aliphatic heterocycles. The summed E-state index contributed by atoms with van der Waals surface area (Å²) >= 11 is 0. The third-order valence-corrected chi connectivity index (χ3v) is 3.68. The Morgan fingerprint density at radius 2 is 1.96 bits per heavy atom. The van der Waals surface area contributed by atoms with Gasteiger partial charge >= 0.3 is 0 Å². The molecule has 0 saturated carbocycles. The molecule has 0 bridgehead atoms. The maximum atomic E-state index is 4.64. The molecule has 2 rings (SSSR count). The summed E-state index contributed by atoms with van der Waals surface area (Å²) in [4.78, 5) is 21.8. The van der Waals surface area contributed by atoms with E-state index in [2.05, 4.69) is 36.7 Å². The first-order chi connectivity index (χ1) is 10.9. The number of anilines is 2. The van der Waals surface area contributed by atoms with Crippen molar-refractivity contribution in [1.82, 2.24) is 24.8 Å². The Hall–Kier alpha value is -2.28. The van der Waals surface area contributed by atoms with Crippen LogP contribution in [0.4, 0.5) is 11.8 Å². The Bertz CT molecular complexity index is 683. The molecule has 0 aliphatic carbocycles. The molecule has 1 atom stereocenters. The highest BCUT2D eigenvalue weighted by molar-refractivity contribution is 5.85. The van der Waals surface area contributed by atoms with E-state index < -0.39 is 0 Å². The van der Waals surface area contributed by atoms with Gasteiger partial charge in [0.15, 0.2) is 5.82 Å². The zero-order valence-electron chi connectivity index (χ0n) is 14.5. The van der Waals surface area contributed by atoms with Crippen molar-refractivity contribution in [3.8, 4) is 0 Å². The second-order valence-corrected chi connectivity index (χ2v) is 6.06. The number of nitrogens with zero attached hydrogens (tertiary/aromatic N) is 6. The lowest BCUT2D eigenvalue weighted by atomic mass is 10.2. The molecule has 7 heteroatoms. The molecule has 0 saturated heterocycles. The molecule has 1 unspecified atom stereocenters. The van der Waals surface area contributed by atoms with Crippen molar-refractivity contribution in [2.24, 2.45) is 0 Å². The van der Waals surface area contributed by atoms with Crippen LogP contribution in [0.1, 0.15) is 13.8 Å². The molecule has 7 nitrogen and oxygen atoms in total. The summed E-state index contributed by atoms with van der Waals surface area (Å²) in [6.45, 7) is 9.77. The maximum absolute atomic E-state index is 4.64. The summed E-state index contributed by atoms with van der Waals surface area (Å²) in [5, 5.41) is 3.33. The minimum atomic E-state index is 0.109. The second kappa shape index (κ2) is 7.32. The minimum absolute atomic E-state index is 0.109. The number of nitrogens with one attached hydrogen (secondary N) is 1. The Morgan fingerprint density at radius 1 is 1.22 bits per heavy atom. The van der Waals surface area contributed by atoms with E-state index in [4.69, 9.17) is 0 Å². The van der Waals surface area contributed by atoms with Crippen molar-refractivity contribution in [3.63, 3.8) is 0 Å². The zero-order chi connectivity index (χ0) is 17.0. The molecule has 2 heterocycles. The van der Waals surface area contributed by atoms with E-state index in [-0.39, 0.29) is 6.04 Å². The lowest BCUT2D eigenvalue weighted by molar-refractivity contribution is 0.415. The molecule has 0 fully saturated rings. The first-order valence-electron chi connectivity index (χ1n) is 7.64. The van der Waals surface area contributed by atoms with E-state index in [9.17, 15) is 0 Å². The van der Waals surface area contributed by atoms with Gasteiger partial charge < -0.3 is 15.1 Å². The maximum Gasteiger partial charge on any atom is 0.225 e. The largest absolute Gasteiger partial charge is 0.362 e. The van der Waals surface area contributed by atoms with E-state index >= 15 is 0 Å². The summed E-state index contributed by atoms with van der Waals surface area (Å²) < 4.78 is 0. The van der Waals surface area contributed by atoms with Crippen LogP contribution in [0, 0.1) is 0 Å². The molecule has 0 amide bonds. The summed E-state index contributed by atoms with van der Waals surface area (Å²) in [6.07, 6.45) is 3.26. The number of likely N-dealkylation sites (N-methyl/N-ethyl adjacent to an activating group) is 2. The lowest BCUT2D eigenvalue weighted by Crippen LogP contribution is -2.29. The van der Waals surface area contributed by atoms with Gasteiger partial charge in [0, 0.05) is 26.2 Å². The van der Waals surface area contributed by atoms with Crippen LogP contribution in [0.15, 0.2) is 24.7 Å². The zero-order valence-corrected chi connectivity index (χ0v) is 14.5. The average Bonchev–Trinajstić information content (AvgIpc) is 2.52. The number of rotatable bonds is 7. The van der Waals surface area contributed by atoms with Crippen LogP contribution in [-0.4, -0.2) is 65.1 Å². The molecular weight excluding hydrogens is 290 g/mol. The van der Waals surface area contributed by atoms with Crippen molar-refractivity contribution >= 4 is 22.8 Å². The van der Waals surface area contributed by atoms with Gasteiger partial charge in [0.1, 0.15) is 17.4 Å². The summed E-state index contributed by atoms with van der Waals surface area (Å²) in [5.41, 5.74) is 2.48. The molecule has 2 aromatic heterocycles. The smallest absolute Gasteiger partial charge is 0.225 e. The first kappa shape index (κ1) is 17.1. The van der Waals surface area contributed by atoms with E-state index in [0.717, 1.165) is 29.7 Å². The molecule has 23 heavy (non-hydrogen) atoms. The number of aromatic nitrogens is 4.